The van der Waals surface area contributed by atoms with Gasteiger partial charge in [0.1, 0.15) is 11.5 Å². The summed E-state index contributed by atoms with van der Waals surface area (Å²) in [6.45, 7) is 2.72. The van der Waals surface area contributed by atoms with E-state index in [1.165, 1.54) is 17.0 Å². The van der Waals surface area contributed by atoms with Crippen LogP contribution in [0.4, 0.5) is 36.3 Å². The summed E-state index contributed by atoms with van der Waals surface area (Å²) in [5.74, 6) is -3.21. The van der Waals surface area contributed by atoms with Crippen molar-refractivity contribution in [2.45, 2.75) is 69.8 Å². The third-order valence-electron chi connectivity index (χ3n) is 8.18. The molecule has 0 spiro atoms. The lowest BCUT2D eigenvalue weighted by Crippen LogP contribution is -2.57. The van der Waals surface area contributed by atoms with E-state index in [-0.39, 0.29) is 35.6 Å². The number of benzene rings is 1. The number of halogens is 3. The normalized spacial score (nSPS) is 24.0. The molecule has 236 valence electrons. The highest BCUT2D eigenvalue weighted by Crippen LogP contribution is 2.36. The topological polar surface area (TPSA) is 126 Å². The van der Waals surface area contributed by atoms with E-state index >= 15 is 4.39 Å². The number of fused-ring (bicyclic) bond motifs is 1. The van der Waals surface area contributed by atoms with Gasteiger partial charge in [-0.25, -0.2) is 31.6 Å². The van der Waals surface area contributed by atoms with Gasteiger partial charge in [-0.15, -0.1) is 0 Å². The van der Waals surface area contributed by atoms with Gasteiger partial charge in [0.2, 0.25) is 16.0 Å². The second kappa shape index (κ2) is 12.2. The molecule has 3 aliphatic rings. The molecule has 0 bridgehead atoms. The van der Waals surface area contributed by atoms with Gasteiger partial charge in [-0.2, -0.15) is 4.98 Å². The van der Waals surface area contributed by atoms with E-state index in [9.17, 15) is 22.3 Å². The molecule has 1 atom stereocenters. The van der Waals surface area contributed by atoms with Gasteiger partial charge in [-0.3, -0.25) is 9.62 Å². The number of anilines is 3. The fourth-order valence-electron chi connectivity index (χ4n) is 5.79. The molecule has 2 aromatic rings. The van der Waals surface area contributed by atoms with E-state index in [4.69, 9.17) is 4.98 Å². The van der Waals surface area contributed by atoms with Crippen LogP contribution in [0.25, 0.3) is 0 Å². The van der Waals surface area contributed by atoms with Crippen LogP contribution in [0.2, 0.25) is 0 Å². The average Bonchev–Trinajstić information content (AvgIpc) is 2.91. The second-order valence-electron chi connectivity index (χ2n) is 12.1. The van der Waals surface area contributed by atoms with E-state index in [0.29, 0.717) is 23.5 Å². The minimum Gasteiger partial charge on any atom is -0.368 e. The highest BCUT2D eigenvalue weighted by Gasteiger charge is 2.43. The van der Waals surface area contributed by atoms with Crippen LogP contribution in [0.5, 0.6) is 0 Å². The highest BCUT2D eigenvalue weighted by atomic mass is 32.2. The van der Waals surface area contributed by atoms with Crippen molar-refractivity contribution < 1.29 is 26.7 Å². The summed E-state index contributed by atoms with van der Waals surface area (Å²) in [6, 6.07) is 4.42. The standard InChI is InChI=1S/C28H39F3N8O3S/c1-17(2)39-25-23(14-32-27(35-25)33-19-6-8-20(9-7-19)37(3)4)34-24(26(39)40)18-5-10-22(21(29)13-18)36-43(41,42)12-11-38-15-28(30,31)16-38/h5,10,13-14,17,19-20,26,36,40H,6-9,11-12,15-16H2,1-4H3,(H,32,33,35)/t19-,20-,26?. The van der Waals surface area contributed by atoms with Gasteiger partial charge in [0.25, 0.3) is 5.92 Å². The number of aliphatic hydroxyl groups is 1. The number of likely N-dealkylation sites (tertiary alicyclic amines) is 1. The van der Waals surface area contributed by atoms with Gasteiger partial charge in [0.15, 0.2) is 12.0 Å². The predicted molar refractivity (Wildman–Crippen MR) is 160 cm³/mol. The van der Waals surface area contributed by atoms with Crippen molar-refractivity contribution in [2.75, 3.05) is 54.4 Å². The molecule has 3 heterocycles. The molecule has 1 aliphatic carbocycles. The Balaban J connectivity index is 1.31. The fourth-order valence-corrected chi connectivity index (χ4v) is 6.89. The third-order valence-corrected chi connectivity index (χ3v) is 9.43. The summed E-state index contributed by atoms with van der Waals surface area (Å²) in [5, 5.41) is 14.8. The summed E-state index contributed by atoms with van der Waals surface area (Å²) >= 11 is 0. The molecule has 15 heteroatoms. The van der Waals surface area contributed by atoms with Crippen molar-refractivity contribution >= 4 is 38.9 Å². The first-order valence-electron chi connectivity index (χ1n) is 14.5. The molecule has 5 rings (SSSR count). The van der Waals surface area contributed by atoms with Crippen molar-refractivity contribution in [3.63, 3.8) is 0 Å². The molecule has 0 amide bonds. The monoisotopic (exact) mass is 624 g/mol. The first-order valence-corrected chi connectivity index (χ1v) is 16.1. The maximum absolute atomic E-state index is 15.1. The number of hydrogen-bond donors (Lipinski definition) is 3. The molecule has 2 aliphatic heterocycles. The summed E-state index contributed by atoms with van der Waals surface area (Å²) < 4.78 is 68.3. The number of alkyl halides is 2. The molecule has 43 heavy (non-hydrogen) atoms. The van der Waals surface area contributed by atoms with E-state index in [2.05, 4.69) is 39.0 Å². The third kappa shape index (κ3) is 7.21. The van der Waals surface area contributed by atoms with Crippen molar-refractivity contribution in [3.05, 3.63) is 35.8 Å². The summed E-state index contributed by atoms with van der Waals surface area (Å²) in [4.78, 5) is 19.0. The second-order valence-corrected chi connectivity index (χ2v) is 13.9. The van der Waals surface area contributed by atoms with Crippen LogP contribution in [0, 0.1) is 5.82 Å². The largest absolute Gasteiger partial charge is 0.368 e. The van der Waals surface area contributed by atoms with Crippen LogP contribution < -0.4 is 14.9 Å². The van der Waals surface area contributed by atoms with Gasteiger partial charge in [0.05, 0.1) is 36.4 Å². The first-order chi connectivity index (χ1) is 20.2. The number of aromatic nitrogens is 2. The number of sulfonamides is 1. The lowest BCUT2D eigenvalue weighted by Gasteiger charge is -2.38. The molecule has 1 unspecified atom stereocenters. The predicted octanol–water partition coefficient (Wildman–Crippen LogP) is 3.26. The number of hydrogen-bond acceptors (Lipinski definition) is 10. The molecule has 11 nitrogen and oxygen atoms in total. The SMILES string of the molecule is CC(C)N1c2nc(N[C@H]3CC[C@H](N(C)C)CC3)ncc2N=C(c2ccc(NS(=O)(=O)CCN3CC(F)(F)C3)c(F)c2)C1O. The van der Waals surface area contributed by atoms with Crippen LogP contribution in [-0.4, -0.2) is 109 Å². The Kier molecular flexibility index (Phi) is 8.89. The zero-order valence-corrected chi connectivity index (χ0v) is 25.6. The van der Waals surface area contributed by atoms with E-state index < -0.39 is 46.8 Å². The maximum atomic E-state index is 15.1. The molecular weight excluding hydrogens is 585 g/mol. The number of aliphatic hydroxyl groups excluding tert-OH is 1. The van der Waals surface area contributed by atoms with Crippen molar-refractivity contribution in [3.8, 4) is 0 Å². The van der Waals surface area contributed by atoms with E-state index in [1.807, 2.05) is 13.8 Å². The molecule has 1 saturated heterocycles. The van der Waals surface area contributed by atoms with Gasteiger partial charge in [-0.1, -0.05) is 6.07 Å². The smallest absolute Gasteiger partial charge is 0.272 e. The van der Waals surface area contributed by atoms with Crippen molar-refractivity contribution in [1.82, 2.24) is 19.8 Å². The number of aliphatic imine (C=N–C) groups is 1. The molecular formula is C28H39F3N8O3S. The van der Waals surface area contributed by atoms with Crippen molar-refractivity contribution in [1.29, 1.82) is 0 Å². The lowest BCUT2D eigenvalue weighted by atomic mass is 9.91. The quantitative estimate of drug-likeness (QED) is 0.365. The van der Waals surface area contributed by atoms with Gasteiger partial charge in [0, 0.05) is 30.2 Å². The van der Waals surface area contributed by atoms with Crippen LogP contribution in [0.3, 0.4) is 0 Å². The minimum absolute atomic E-state index is 0.0883. The average molecular weight is 625 g/mol. The van der Waals surface area contributed by atoms with Gasteiger partial charge >= 0.3 is 0 Å². The molecule has 3 N–H and O–H groups in total. The first kappa shape index (κ1) is 31.4. The molecule has 0 radical (unpaired) electrons. The Hall–Kier alpha value is -3.01. The zero-order chi connectivity index (χ0) is 31.1. The van der Waals surface area contributed by atoms with Crippen LogP contribution in [0.1, 0.15) is 45.1 Å². The van der Waals surface area contributed by atoms with E-state index in [0.717, 1.165) is 31.7 Å². The summed E-state index contributed by atoms with van der Waals surface area (Å²) in [6.07, 6.45) is 4.48. The van der Waals surface area contributed by atoms with E-state index in [1.54, 1.807) is 11.1 Å². The van der Waals surface area contributed by atoms with Crippen LogP contribution in [-0.2, 0) is 10.0 Å². The van der Waals surface area contributed by atoms with Crippen LogP contribution >= 0.6 is 0 Å². The number of nitrogens with one attached hydrogen (secondary N) is 2. The Morgan fingerprint density at radius 2 is 1.86 bits per heavy atom. The number of rotatable bonds is 10. The molecule has 1 saturated carbocycles. The van der Waals surface area contributed by atoms with Crippen molar-refractivity contribution in [2.24, 2.45) is 4.99 Å². The van der Waals surface area contributed by atoms with Gasteiger partial charge < -0.3 is 20.2 Å². The number of nitrogens with zero attached hydrogens (tertiary/aromatic N) is 6. The summed E-state index contributed by atoms with van der Waals surface area (Å²) in [7, 11) is 0.212. The Bertz CT molecular complexity index is 1460. The summed E-state index contributed by atoms with van der Waals surface area (Å²) in [5.41, 5.74) is 0.549. The lowest BCUT2D eigenvalue weighted by molar-refractivity contribution is -0.128. The Labute approximate surface area is 250 Å². The molecule has 2 fully saturated rings. The Morgan fingerprint density at radius 1 is 1.16 bits per heavy atom. The highest BCUT2D eigenvalue weighted by molar-refractivity contribution is 7.92. The minimum atomic E-state index is -3.98. The zero-order valence-electron chi connectivity index (χ0n) is 24.8. The fraction of sp³-hybridized carbons (Fsp3) is 0.607. The Morgan fingerprint density at radius 3 is 2.47 bits per heavy atom. The maximum Gasteiger partial charge on any atom is 0.272 e. The molecule has 1 aromatic heterocycles. The molecule has 1 aromatic carbocycles. The van der Waals surface area contributed by atoms with Crippen LogP contribution in [0.15, 0.2) is 29.4 Å². The van der Waals surface area contributed by atoms with Gasteiger partial charge in [-0.05, 0) is 65.8 Å².